The molecular weight excluding hydrogens is 152 g/mol. The number of hydrogen-bond acceptors (Lipinski definition) is 2. The molecule has 0 fully saturated rings. The average molecular weight is 168 g/mol. The summed E-state index contributed by atoms with van der Waals surface area (Å²) < 4.78 is 7.17. The summed E-state index contributed by atoms with van der Waals surface area (Å²) in [6.45, 7) is 6.60. The third-order valence-corrected chi connectivity index (χ3v) is 1.65. The van der Waals surface area contributed by atoms with Gasteiger partial charge in [-0.15, -0.1) is 0 Å². The van der Waals surface area contributed by atoms with Gasteiger partial charge in [0, 0.05) is 26.0 Å². The van der Waals surface area contributed by atoms with Crippen molar-refractivity contribution >= 4 is 0 Å². The van der Waals surface area contributed by atoms with Crippen molar-refractivity contribution in [2.75, 3.05) is 13.2 Å². The molecule has 0 aliphatic carbocycles. The maximum atomic E-state index is 5.22. The van der Waals surface area contributed by atoms with Gasteiger partial charge in [-0.25, -0.2) is 0 Å². The second kappa shape index (κ2) is 4.93. The molecular formula is C9H16N2O. The molecule has 0 radical (unpaired) electrons. The summed E-state index contributed by atoms with van der Waals surface area (Å²) in [4.78, 5) is 0. The molecule has 0 spiro atoms. The zero-order chi connectivity index (χ0) is 8.81. The van der Waals surface area contributed by atoms with Gasteiger partial charge in [0.25, 0.3) is 0 Å². The van der Waals surface area contributed by atoms with Crippen LogP contribution < -0.4 is 0 Å². The number of ether oxygens (including phenoxy) is 1. The Labute approximate surface area is 73.3 Å². The lowest BCUT2D eigenvalue weighted by Crippen LogP contribution is -2.03. The first-order valence-corrected chi connectivity index (χ1v) is 4.40. The van der Waals surface area contributed by atoms with Crippen molar-refractivity contribution in [1.29, 1.82) is 0 Å². The number of rotatable bonds is 5. The molecule has 68 valence electrons. The van der Waals surface area contributed by atoms with Crippen LogP contribution in [0.5, 0.6) is 0 Å². The first-order valence-electron chi connectivity index (χ1n) is 4.40. The molecule has 0 saturated heterocycles. The van der Waals surface area contributed by atoms with Crippen LogP contribution in [0.2, 0.25) is 0 Å². The molecule has 0 unspecified atom stereocenters. The monoisotopic (exact) mass is 168 g/mol. The quantitative estimate of drug-likeness (QED) is 0.625. The van der Waals surface area contributed by atoms with E-state index in [1.807, 2.05) is 30.8 Å². The van der Waals surface area contributed by atoms with Crippen molar-refractivity contribution in [3.05, 3.63) is 18.0 Å². The van der Waals surface area contributed by atoms with Crippen LogP contribution in [-0.2, 0) is 11.3 Å². The third-order valence-electron chi connectivity index (χ3n) is 1.65. The van der Waals surface area contributed by atoms with E-state index in [1.165, 1.54) is 0 Å². The van der Waals surface area contributed by atoms with E-state index < -0.39 is 0 Å². The number of nitrogens with zero attached hydrogens (tertiary/aromatic N) is 2. The molecule has 0 aliphatic rings. The topological polar surface area (TPSA) is 27.1 Å². The van der Waals surface area contributed by atoms with Gasteiger partial charge in [0.1, 0.15) is 0 Å². The Hall–Kier alpha value is -0.830. The Morgan fingerprint density at radius 3 is 3.00 bits per heavy atom. The van der Waals surface area contributed by atoms with Crippen LogP contribution in [0.3, 0.4) is 0 Å². The fraction of sp³-hybridized carbons (Fsp3) is 0.667. The van der Waals surface area contributed by atoms with Crippen LogP contribution in [-0.4, -0.2) is 23.0 Å². The molecule has 0 aromatic carbocycles. The lowest BCUT2D eigenvalue weighted by Gasteiger charge is -2.01. The smallest absolute Gasteiger partial charge is 0.0593 e. The van der Waals surface area contributed by atoms with E-state index in [9.17, 15) is 0 Å². The minimum atomic E-state index is 0.804. The third kappa shape index (κ3) is 3.05. The predicted octanol–water partition coefficient (Wildman–Crippen LogP) is 1.62. The van der Waals surface area contributed by atoms with Crippen LogP contribution in [0.1, 0.15) is 19.0 Å². The first-order chi connectivity index (χ1) is 5.83. The fourth-order valence-electron chi connectivity index (χ4n) is 1.06. The lowest BCUT2D eigenvalue weighted by molar-refractivity contribution is 0.141. The van der Waals surface area contributed by atoms with Gasteiger partial charge in [-0.3, -0.25) is 4.68 Å². The zero-order valence-electron chi connectivity index (χ0n) is 7.79. The van der Waals surface area contributed by atoms with E-state index in [2.05, 4.69) is 5.10 Å². The second-order valence-corrected chi connectivity index (χ2v) is 2.77. The van der Waals surface area contributed by atoms with Crippen LogP contribution in [0.15, 0.2) is 12.3 Å². The van der Waals surface area contributed by atoms with Crippen molar-refractivity contribution in [1.82, 2.24) is 9.78 Å². The highest BCUT2D eigenvalue weighted by Gasteiger charge is 1.92. The van der Waals surface area contributed by atoms with E-state index in [4.69, 9.17) is 4.74 Å². The van der Waals surface area contributed by atoms with Crippen molar-refractivity contribution < 1.29 is 4.74 Å². The standard InChI is InChI=1S/C9H16N2O/c1-3-12-8-4-6-11-7-5-9(2)10-11/h5,7H,3-4,6,8H2,1-2H3. The van der Waals surface area contributed by atoms with Gasteiger partial charge in [-0.05, 0) is 26.3 Å². The highest BCUT2D eigenvalue weighted by molar-refractivity contribution is 4.94. The predicted molar refractivity (Wildman–Crippen MR) is 48.1 cm³/mol. The Bertz CT molecular complexity index is 220. The Morgan fingerprint density at radius 1 is 1.58 bits per heavy atom. The minimum Gasteiger partial charge on any atom is -0.382 e. The highest BCUT2D eigenvalue weighted by Crippen LogP contribution is 1.94. The molecule has 0 amide bonds. The summed E-state index contributed by atoms with van der Waals surface area (Å²) in [6.07, 6.45) is 3.04. The maximum absolute atomic E-state index is 5.22. The summed E-state index contributed by atoms with van der Waals surface area (Å²) in [5.41, 5.74) is 1.08. The summed E-state index contributed by atoms with van der Waals surface area (Å²) in [7, 11) is 0. The molecule has 0 bridgehead atoms. The van der Waals surface area contributed by atoms with Crippen LogP contribution in [0.4, 0.5) is 0 Å². The number of hydrogen-bond donors (Lipinski definition) is 0. The Kier molecular flexibility index (Phi) is 3.80. The molecule has 0 N–H and O–H groups in total. The highest BCUT2D eigenvalue weighted by atomic mass is 16.5. The molecule has 0 aliphatic heterocycles. The second-order valence-electron chi connectivity index (χ2n) is 2.77. The summed E-state index contributed by atoms with van der Waals surface area (Å²) >= 11 is 0. The van der Waals surface area contributed by atoms with E-state index in [-0.39, 0.29) is 0 Å². The number of aryl methyl sites for hydroxylation is 2. The molecule has 12 heavy (non-hydrogen) atoms. The van der Waals surface area contributed by atoms with Gasteiger partial charge in [-0.2, -0.15) is 5.10 Å². The Balaban J connectivity index is 2.15. The van der Waals surface area contributed by atoms with Crippen molar-refractivity contribution in [3.63, 3.8) is 0 Å². The van der Waals surface area contributed by atoms with Gasteiger partial charge < -0.3 is 4.74 Å². The molecule has 1 heterocycles. The Morgan fingerprint density at radius 2 is 2.42 bits per heavy atom. The molecule has 0 saturated carbocycles. The van der Waals surface area contributed by atoms with Crippen LogP contribution in [0, 0.1) is 6.92 Å². The molecule has 1 aromatic rings. The fourth-order valence-corrected chi connectivity index (χ4v) is 1.06. The van der Waals surface area contributed by atoms with Gasteiger partial charge in [0.05, 0.1) is 5.69 Å². The molecule has 1 aromatic heterocycles. The van der Waals surface area contributed by atoms with Crippen molar-refractivity contribution in [2.45, 2.75) is 26.8 Å². The van der Waals surface area contributed by atoms with Crippen LogP contribution >= 0.6 is 0 Å². The normalized spacial score (nSPS) is 10.5. The molecule has 3 heteroatoms. The molecule has 3 nitrogen and oxygen atoms in total. The minimum absolute atomic E-state index is 0.804. The lowest BCUT2D eigenvalue weighted by atomic mass is 10.4. The summed E-state index contributed by atoms with van der Waals surface area (Å²) in [5, 5.41) is 4.27. The van der Waals surface area contributed by atoms with E-state index in [0.29, 0.717) is 0 Å². The van der Waals surface area contributed by atoms with E-state index >= 15 is 0 Å². The average Bonchev–Trinajstić information content (AvgIpc) is 2.45. The van der Waals surface area contributed by atoms with Crippen molar-refractivity contribution in [2.24, 2.45) is 0 Å². The maximum Gasteiger partial charge on any atom is 0.0593 e. The van der Waals surface area contributed by atoms with Gasteiger partial charge in [0.15, 0.2) is 0 Å². The van der Waals surface area contributed by atoms with Crippen LogP contribution in [0.25, 0.3) is 0 Å². The van der Waals surface area contributed by atoms with Gasteiger partial charge >= 0.3 is 0 Å². The van der Waals surface area contributed by atoms with Gasteiger partial charge in [0.2, 0.25) is 0 Å². The first kappa shape index (κ1) is 9.26. The van der Waals surface area contributed by atoms with E-state index in [1.54, 1.807) is 0 Å². The largest absolute Gasteiger partial charge is 0.382 e. The van der Waals surface area contributed by atoms with E-state index in [0.717, 1.165) is 31.9 Å². The molecule has 0 atom stereocenters. The molecule has 1 rings (SSSR count). The summed E-state index contributed by atoms with van der Waals surface area (Å²) in [5.74, 6) is 0. The summed E-state index contributed by atoms with van der Waals surface area (Å²) in [6, 6.07) is 2.01. The zero-order valence-corrected chi connectivity index (χ0v) is 7.79. The van der Waals surface area contributed by atoms with Gasteiger partial charge in [-0.1, -0.05) is 0 Å². The van der Waals surface area contributed by atoms with Crippen molar-refractivity contribution in [3.8, 4) is 0 Å². The number of aromatic nitrogens is 2. The SMILES string of the molecule is CCOCCCn1ccc(C)n1.